The summed E-state index contributed by atoms with van der Waals surface area (Å²) in [5, 5.41) is 2.84. The van der Waals surface area contributed by atoms with Crippen molar-refractivity contribution in [1.82, 2.24) is 5.32 Å². The summed E-state index contributed by atoms with van der Waals surface area (Å²) >= 11 is 0. The van der Waals surface area contributed by atoms with Crippen molar-refractivity contribution >= 4 is 17.7 Å². The monoisotopic (exact) mass is 403 g/mol. The van der Waals surface area contributed by atoms with Crippen LogP contribution < -0.4 is 21.5 Å². The van der Waals surface area contributed by atoms with E-state index in [1.54, 1.807) is 66.7 Å². The van der Waals surface area contributed by atoms with Crippen molar-refractivity contribution < 1.29 is 19.1 Å². The average molecular weight is 403 g/mol. The summed E-state index contributed by atoms with van der Waals surface area (Å²) in [6.45, 7) is 0.422. The highest BCUT2D eigenvalue weighted by atomic mass is 16.5. The van der Waals surface area contributed by atoms with Gasteiger partial charge in [0.15, 0.2) is 0 Å². The molecule has 0 saturated heterocycles. The molecule has 0 radical (unpaired) electrons. The third kappa shape index (κ3) is 5.45. The van der Waals surface area contributed by atoms with E-state index < -0.39 is 11.8 Å². The van der Waals surface area contributed by atoms with Crippen molar-refractivity contribution in [1.29, 1.82) is 0 Å². The summed E-state index contributed by atoms with van der Waals surface area (Å²) in [5.41, 5.74) is 12.7. The first-order valence-electron chi connectivity index (χ1n) is 9.27. The highest BCUT2D eigenvalue weighted by molar-refractivity contribution is 5.94. The minimum atomic E-state index is -0.502. The van der Waals surface area contributed by atoms with E-state index >= 15 is 0 Å². The second kappa shape index (κ2) is 9.38. The predicted octanol–water partition coefficient (Wildman–Crippen LogP) is 2.65. The van der Waals surface area contributed by atoms with Crippen LogP contribution in [0.3, 0.4) is 0 Å². The highest BCUT2D eigenvalue weighted by Crippen LogP contribution is 2.22. The Morgan fingerprint density at radius 2 is 1.30 bits per heavy atom. The molecular formula is C23H21N3O4. The number of ether oxygens (including phenoxy) is 1. The molecule has 0 bridgehead atoms. The van der Waals surface area contributed by atoms with Crippen molar-refractivity contribution in [3.8, 4) is 11.5 Å². The maximum absolute atomic E-state index is 12.3. The van der Waals surface area contributed by atoms with Crippen LogP contribution in [-0.2, 0) is 6.42 Å². The SMILES string of the molecule is NC(=O)c1ccc(Oc2ccc(C(=O)NCCc3cccc(C(N)=O)c3)cc2)cc1. The van der Waals surface area contributed by atoms with E-state index in [9.17, 15) is 14.4 Å². The second-order valence-electron chi connectivity index (χ2n) is 6.59. The van der Waals surface area contributed by atoms with Gasteiger partial charge in [0.2, 0.25) is 11.8 Å². The molecule has 0 spiro atoms. The van der Waals surface area contributed by atoms with E-state index in [0.29, 0.717) is 41.2 Å². The number of hydrogen-bond acceptors (Lipinski definition) is 4. The maximum Gasteiger partial charge on any atom is 0.251 e. The van der Waals surface area contributed by atoms with Gasteiger partial charge in [-0.25, -0.2) is 0 Å². The Bertz CT molecular complexity index is 1060. The van der Waals surface area contributed by atoms with Crippen LogP contribution in [0.4, 0.5) is 0 Å². The van der Waals surface area contributed by atoms with Gasteiger partial charge in [-0.2, -0.15) is 0 Å². The van der Waals surface area contributed by atoms with E-state index in [1.807, 2.05) is 6.07 Å². The molecule has 5 N–H and O–H groups in total. The average Bonchev–Trinajstić information content (AvgIpc) is 2.75. The third-order valence-electron chi connectivity index (χ3n) is 4.40. The molecule has 7 heteroatoms. The Morgan fingerprint density at radius 3 is 1.87 bits per heavy atom. The minimum absolute atomic E-state index is 0.210. The van der Waals surface area contributed by atoms with Crippen molar-refractivity contribution in [3.63, 3.8) is 0 Å². The van der Waals surface area contributed by atoms with Crippen molar-refractivity contribution in [2.45, 2.75) is 6.42 Å². The van der Waals surface area contributed by atoms with Gasteiger partial charge >= 0.3 is 0 Å². The molecule has 3 aromatic rings. The van der Waals surface area contributed by atoms with Crippen molar-refractivity contribution in [2.24, 2.45) is 11.5 Å². The molecule has 0 unspecified atom stereocenters. The molecule has 30 heavy (non-hydrogen) atoms. The van der Waals surface area contributed by atoms with Gasteiger partial charge in [0.1, 0.15) is 11.5 Å². The van der Waals surface area contributed by atoms with E-state index in [0.717, 1.165) is 5.56 Å². The van der Waals surface area contributed by atoms with Crippen LogP contribution in [0.5, 0.6) is 11.5 Å². The van der Waals surface area contributed by atoms with Crippen LogP contribution in [0.2, 0.25) is 0 Å². The summed E-state index contributed by atoms with van der Waals surface area (Å²) in [4.78, 5) is 34.6. The number of amides is 3. The van der Waals surface area contributed by atoms with Crippen molar-refractivity contribution in [2.75, 3.05) is 6.54 Å². The van der Waals surface area contributed by atoms with Crippen LogP contribution in [0, 0.1) is 0 Å². The Hall–Kier alpha value is -4.13. The van der Waals surface area contributed by atoms with E-state index in [1.165, 1.54) is 0 Å². The van der Waals surface area contributed by atoms with Crippen LogP contribution in [-0.4, -0.2) is 24.3 Å². The van der Waals surface area contributed by atoms with E-state index in [-0.39, 0.29) is 5.91 Å². The van der Waals surface area contributed by atoms with E-state index in [2.05, 4.69) is 5.32 Å². The number of primary amides is 2. The number of carbonyl (C=O) groups excluding carboxylic acids is 3. The Morgan fingerprint density at radius 1 is 0.733 bits per heavy atom. The molecule has 3 amide bonds. The molecule has 0 heterocycles. The lowest BCUT2D eigenvalue weighted by Crippen LogP contribution is -2.25. The molecule has 152 valence electrons. The molecular weight excluding hydrogens is 382 g/mol. The molecule has 0 aliphatic carbocycles. The number of nitrogens with two attached hydrogens (primary N) is 2. The van der Waals surface area contributed by atoms with Gasteiger partial charge in [-0.05, 0) is 72.6 Å². The molecule has 0 aliphatic rings. The van der Waals surface area contributed by atoms with Gasteiger partial charge in [-0.1, -0.05) is 12.1 Å². The Balaban J connectivity index is 1.52. The smallest absolute Gasteiger partial charge is 0.251 e. The first-order chi connectivity index (χ1) is 14.4. The summed E-state index contributed by atoms with van der Waals surface area (Å²) in [6.07, 6.45) is 0.579. The maximum atomic E-state index is 12.3. The summed E-state index contributed by atoms with van der Waals surface area (Å²) in [5.74, 6) is -0.0834. The topological polar surface area (TPSA) is 125 Å². The second-order valence-corrected chi connectivity index (χ2v) is 6.59. The molecule has 0 aromatic heterocycles. The molecule has 3 aromatic carbocycles. The largest absolute Gasteiger partial charge is 0.457 e. The molecule has 0 saturated carbocycles. The van der Waals surface area contributed by atoms with Gasteiger partial charge < -0.3 is 21.5 Å². The number of carbonyl (C=O) groups is 3. The molecule has 7 nitrogen and oxygen atoms in total. The van der Waals surface area contributed by atoms with Crippen LogP contribution in [0.15, 0.2) is 72.8 Å². The van der Waals surface area contributed by atoms with Gasteiger partial charge in [-0.3, -0.25) is 14.4 Å². The zero-order valence-electron chi connectivity index (χ0n) is 16.1. The van der Waals surface area contributed by atoms with Gasteiger partial charge in [-0.15, -0.1) is 0 Å². The molecule has 0 aliphatic heterocycles. The standard InChI is InChI=1S/C23H21N3O4/c24-21(27)16-4-8-19(9-5-16)30-20-10-6-17(7-11-20)23(29)26-13-12-15-2-1-3-18(14-15)22(25)28/h1-11,14H,12-13H2,(H2,24,27)(H2,25,28)(H,26,29). The lowest BCUT2D eigenvalue weighted by molar-refractivity contribution is 0.0951. The normalized spacial score (nSPS) is 10.3. The highest BCUT2D eigenvalue weighted by Gasteiger charge is 2.07. The van der Waals surface area contributed by atoms with E-state index in [4.69, 9.17) is 16.2 Å². The summed E-state index contributed by atoms with van der Waals surface area (Å²) < 4.78 is 5.70. The number of rotatable bonds is 8. The number of nitrogens with one attached hydrogen (secondary N) is 1. The fourth-order valence-corrected chi connectivity index (χ4v) is 2.80. The van der Waals surface area contributed by atoms with Gasteiger partial charge in [0, 0.05) is 23.2 Å². The summed E-state index contributed by atoms with van der Waals surface area (Å²) in [7, 11) is 0. The first-order valence-corrected chi connectivity index (χ1v) is 9.27. The Kier molecular flexibility index (Phi) is 6.44. The quantitative estimate of drug-likeness (QED) is 0.535. The van der Waals surface area contributed by atoms with Gasteiger partial charge in [0.05, 0.1) is 0 Å². The number of hydrogen-bond donors (Lipinski definition) is 3. The zero-order chi connectivity index (χ0) is 21.5. The van der Waals surface area contributed by atoms with Crippen LogP contribution in [0.1, 0.15) is 36.6 Å². The Labute approximate surface area is 173 Å². The fraction of sp³-hybridized carbons (Fsp3) is 0.0870. The number of benzene rings is 3. The first kappa shape index (κ1) is 20.6. The lowest BCUT2D eigenvalue weighted by atomic mass is 10.1. The molecule has 0 fully saturated rings. The minimum Gasteiger partial charge on any atom is -0.457 e. The predicted molar refractivity (Wildman–Crippen MR) is 112 cm³/mol. The molecule has 0 atom stereocenters. The van der Waals surface area contributed by atoms with Crippen molar-refractivity contribution in [3.05, 3.63) is 95.1 Å². The zero-order valence-corrected chi connectivity index (χ0v) is 16.1. The molecule has 3 rings (SSSR count). The van der Waals surface area contributed by atoms with Gasteiger partial charge in [0.25, 0.3) is 5.91 Å². The summed E-state index contributed by atoms with van der Waals surface area (Å²) in [6, 6.07) is 20.2. The lowest BCUT2D eigenvalue weighted by Gasteiger charge is -2.08. The van der Waals surface area contributed by atoms with Crippen LogP contribution in [0.25, 0.3) is 0 Å². The third-order valence-corrected chi connectivity index (χ3v) is 4.40. The van der Waals surface area contributed by atoms with Crippen LogP contribution >= 0.6 is 0 Å². The fourth-order valence-electron chi connectivity index (χ4n) is 2.80.